The largest absolute Gasteiger partial charge is 0.512 e. The summed E-state index contributed by atoms with van der Waals surface area (Å²) in [6.07, 6.45) is -3.71. The molecule has 0 unspecified atom stereocenters. The van der Waals surface area contributed by atoms with Gasteiger partial charge in [-0.25, -0.2) is 9.78 Å². The van der Waals surface area contributed by atoms with Gasteiger partial charge in [-0.2, -0.15) is 13.2 Å². The van der Waals surface area contributed by atoms with E-state index in [1.54, 1.807) is 10.3 Å². The van der Waals surface area contributed by atoms with E-state index in [1.807, 2.05) is 0 Å². The Morgan fingerprint density at radius 2 is 1.86 bits per heavy atom. The van der Waals surface area contributed by atoms with Gasteiger partial charge in [-0.15, -0.1) is 11.3 Å². The van der Waals surface area contributed by atoms with Gasteiger partial charge in [0, 0.05) is 25.4 Å². The van der Waals surface area contributed by atoms with Gasteiger partial charge in [0.15, 0.2) is 0 Å². The SMILES string of the molecule is O=C(O)Oc1csc(C2CCN(C(=O)CCc3ccc(C(F)(F)F)cc3)CC2)n1. The first-order valence-electron chi connectivity index (χ1n) is 9.02. The highest BCUT2D eigenvalue weighted by molar-refractivity contribution is 7.09. The van der Waals surface area contributed by atoms with Crippen LogP contribution in [-0.4, -0.2) is 40.1 Å². The highest BCUT2D eigenvalue weighted by Gasteiger charge is 2.30. The Bertz CT molecular complexity index is 859. The van der Waals surface area contributed by atoms with Gasteiger partial charge in [0.05, 0.1) is 16.0 Å². The normalized spacial score (nSPS) is 15.3. The topological polar surface area (TPSA) is 79.7 Å². The third-order valence-corrected chi connectivity index (χ3v) is 5.78. The van der Waals surface area contributed by atoms with E-state index >= 15 is 0 Å². The molecule has 0 bridgehead atoms. The third kappa shape index (κ3) is 5.69. The molecule has 1 saturated heterocycles. The molecule has 1 aromatic carbocycles. The van der Waals surface area contributed by atoms with E-state index in [0.717, 1.165) is 17.1 Å². The molecule has 0 spiro atoms. The summed E-state index contributed by atoms with van der Waals surface area (Å²) < 4.78 is 42.3. The minimum Gasteiger partial charge on any atom is -0.449 e. The zero-order chi connectivity index (χ0) is 21.0. The van der Waals surface area contributed by atoms with Gasteiger partial charge in [0.25, 0.3) is 0 Å². The highest BCUT2D eigenvalue weighted by atomic mass is 32.1. The standard InChI is InChI=1S/C19H19F3N2O4S/c20-19(21,22)14-4-1-12(2-5-14)3-6-16(25)24-9-7-13(8-10-24)17-23-15(11-29-17)28-18(26)27/h1-2,4-5,11,13H,3,6-10H2,(H,26,27). The average Bonchev–Trinajstić information content (AvgIpc) is 3.13. The van der Waals surface area contributed by atoms with E-state index in [-0.39, 0.29) is 24.1 Å². The molecule has 1 aliphatic heterocycles. The fourth-order valence-corrected chi connectivity index (χ4v) is 4.13. The summed E-state index contributed by atoms with van der Waals surface area (Å²) in [6.45, 7) is 1.12. The maximum Gasteiger partial charge on any atom is 0.512 e. The first-order valence-corrected chi connectivity index (χ1v) is 9.90. The smallest absolute Gasteiger partial charge is 0.449 e. The van der Waals surface area contributed by atoms with Crippen molar-refractivity contribution >= 4 is 23.4 Å². The van der Waals surface area contributed by atoms with Crippen LogP contribution in [0.5, 0.6) is 5.88 Å². The summed E-state index contributed by atoms with van der Waals surface area (Å²) in [5.41, 5.74) is -0.0104. The van der Waals surface area contributed by atoms with Gasteiger partial charge >= 0.3 is 12.3 Å². The number of hydrogen-bond donors (Lipinski definition) is 1. The van der Waals surface area contributed by atoms with Crippen LogP contribution in [0.15, 0.2) is 29.6 Å². The number of benzene rings is 1. The molecule has 0 aliphatic carbocycles. The predicted molar refractivity (Wildman–Crippen MR) is 99.1 cm³/mol. The summed E-state index contributed by atoms with van der Waals surface area (Å²) in [4.78, 5) is 28.9. The number of likely N-dealkylation sites (tertiary alicyclic amines) is 1. The number of rotatable bonds is 5. The van der Waals surface area contributed by atoms with E-state index in [2.05, 4.69) is 9.72 Å². The number of aryl methyl sites for hydroxylation is 1. The highest BCUT2D eigenvalue weighted by Crippen LogP contribution is 2.32. The molecule has 3 rings (SSSR count). The van der Waals surface area contributed by atoms with Crippen LogP contribution in [0.2, 0.25) is 0 Å². The maximum atomic E-state index is 12.6. The van der Waals surface area contributed by atoms with Crippen LogP contribution in [0.4, 0.5) is 18.0 Å². The van der Waals surface area contributed by atoms with E-state index in [9.17, 15) is 22.8 Å². The number of carboxylic acid groups (broad SMARTS) is 1. The number of aromatic nitrogens is 1. The zero-order valence-electron chi connectivity index (χ0n) is 15.3. The van der Waals surface area contributed by atoms with Gasteiger partial charge in [-0.3, -0.25) is 4.79 Å². The minimum atomic E-state index is -4.36. The molecule has 6 nitrogen and oxygen atoms in total. The van der Waals surface area contributed by atoms with Crippen molar-refractivity contribution in [3.63, 3.8) is 0 Å². The molecule has 0 saturated carbocycles. The molecule has 29 heavy (non-hydrogen) atoms. The number of carbonyl (C=O) groups is 2. The quantitative estimate of drug-likeness (QED) is 0.707. The molecule has 2 aromatic rings. The van der Waals surface area contributed by atoms with Crippen LogP contribution in [0.1, 0.15) is 41.3 Å². The lowest BCUT2D eigenvalue weighted by Gasteiger charge is -2.31. The molecular formula is C19H19F3N2O4S. The Labute approximate surface area is 168 Å². The van der Waals surface area contributed by atoms with Crippen molar-refractivity contribution in [1.82, 2.24) is 9.88 Å². The molecule has 1 N–H and O–H groups in total. The van der Waals surface area contributed by atoms with E-state index in [1.165, 1.54) is 23.5 Å². The monoisotopic (exact) mass is 428 g/mol. The number of amides is 1. The van der Waals surface area contributed by atoms with Crippen LogP contribution in [0, 0.1) is 0 Å². The number of ether oxygens (including phenoxy) is 1. The Morgan fingerprint density at radius 1 is 1.21 bits per heavy atom. The molecule has 1 aromatic heterocycles. The summed E-state index contributed by atoms with van der Waals surface area (Å²) in [5.74, 6) is 0.176. The Kier molecular flexibility index (Phi) is 6.41. The number of nitrogens with zero attached hydrogens (tertiary/aromatic N) is 2. The molecule has 1 amide bonds. The third-order valence-electron chi connectivity index (χ3n) is 4.80. The van der Waals surface area contributed by atoms with Crippen LogP contribution in [-0.2, 0) is 17.4 Å². The number of thiazole rings is 1. The van der Waals surface area contributed by atoms with Gasteiger partial charge < -0.3 is 14.7 Å². The van der Waals surface area contributed by atoms with E-state index in [4.69, 9.17) is 5.11 Å². The van der Waals surface area contributed by atoms with Crippen molar-refractivity contribution in [3.8, 4) is 5.88 Å². The minimum absolute atomic E-state index is 0.0302. The Morgan fingerprint density at radius 3 is 2.45 bits per heavy atom. The Balaban J connectivity index is 1.46. The van der Waals surface area contributed by atoms with Crippen molar-refractivity contribution in [2.45, 2.75) is 37.8 Å². The number of hydrogen-bond acceptors (Lipinski definition) is 5. The molecule has 10 heteroatoms. The van der Waals surface area contributed by atoms with Gasteiger partial charge in [-0.1, -0.05) is 12.1 Å². The van der Waals surface area contributed by atoms with Gasteiger partial charge in [0.1, 0.15) is 0 Å². The van der Waals surface area contributed by atoms with Crippen LogP contribution in [0.3, 0.4) is 0 Å². The fourth-order valence-electron chi connectivity index (χ4n) is 3.24. The summed E-state index contributed by atoms with van der Waals surface area (Å²) in [5, 5.41) is 10.9. The first-order chi connectivity index (χ1) is 13.7. The molecular weight excluding hydrogens is 409 g/mol. The first kappa shape index (κ1) is 21.1. The molecule has 2 heterocycles. The van der Waals surface area contributed by atoms with Crippen molar-refractivity contribution in [3.05, 3.63) is 45.8 Å². The number of piperidine rings is 1. The van der Waals surface area contributed by atoms with Crippen LogP contribution < -0.4 is 4.74 Å². The predicted octanol–water partition coefficient (Wildman–Crippen LogP) is 4.56. The zero-order valence-corrected chi connectivity index (χ0v) is 16.1. The Hall–Kier alpha value is -2.62. The van der Waals surface area contributed by atoms with Crippen molar-refractivity contribution in [2.75, 3.05) is 13.1 Å². The van der Waals surface area contributed by atoms with Crippen molar-refractivity contribution in [1.29, 1.82) is 0 Å². The second kappa shape index (κ2) is 8.81. The lowest BCUT2D eigenvalue weighted by atomic mass is 9.97. The van der Waals surface area contributed by atoms with E-state index in [0.29, 0.717) is 37.9 Å². The summed E-state index contributed by atoms with van der Waals surface area (Å²) >= 11 is 1.34. The summed E-state index contributed by atoms with van der Waals surface area (Å²) in [6, 6.07) is 4.87. The molecule has 0 atom stereocenters. The van der Waals surface area contributed by atoms with Crippen molar-refractivity contribution < 1.29 is 32.6 Å². The van der Waals surface area contributed by atoms with Crippen molar-refractivity contribution in [2.24, 2.45) is 0 Å². The van der Waals surface area contributed by atoms with Crippen LogP contribution >= 0.6 is 11.3 Å². The van der Waals surface area contributed by atoms with Crippen LogP contribution in [0.25, 0.3) is 0 Å². The average molecular weight is 428 g/mol. The fraction of sp³-hybridized carbons (Fsp3) is 0.421. The maximum absolute atomic E-state index is 12.6. The van der Waals surface area contributed by atoms with Gasteiger partial charge in [-0.05, 0) is 37.0 Å². The number of alkyl halides is 3. The lowest BCUT2D eigenvalue weighted by Crippen LogP contribution is -2.38. The second-order valence-electron chi connectivity index (χ2n) is 6.74. The lowest BCUT2D eigenvalue weighted by molar-refractivity contribution is -0.137. The second-order valence-corrected chi connectivity index (χ2v) is 7.63. The summed E-state index contributed by atoms with van der Waals surface area (Å²) in [7, 11) is 0. The molecule has 1 fully saturated rings. The molecule has 0 radical (unpaired) electrons. The van der Waals surface area contributed by atoms with E-state index < -0.39 is 17.9 Å². The molecule has 1 aliphatic rings. The number of carbonyl (C=O) groups excluding carboxylic acids is 1. The number of halogens is 3. The molecule has 156 valence electrons. The van der Waals surface area contributed by atoms with Gasteiger partial charge in [0.2, 0.25) is 11.8 Å².